The fraction of sp³-hybridized carbons (Fsp3) is 1.00. The number of rotatable bonds is 2. The van der Waals surface area contributed by atoms with Gasteiger partial charge in [-0.2, -0.15) is 0 Å². The van der Waals surface area contributed by atoms with Gasteiger partial charge in [-0.05, 0) is 30.1 Å². The molecule has 1 nitrogen and oxygen atoms in total. The molecule has 2 atom stereocenters. The predicted molar refractivity (Wildman–Crippen MR) is 52.0 cm³/mol. The molecule has 1 aliphatic rings. The van der Waals surface area contributed by atoms with Crippen molar-refractivity contribution in [1.29, 1.82) is 0 Å². The van der Waals surface area contributed by atoms with Crippen LogP contribution in [0.25, 0.3) is 0 Å². The van der Waals surface area contributed by atoms with Gasteiger partial charge < -0.3 is 5.11 Å². The van der Waals surface area contributed by atoms with E-state index in [-0.39, 0.29) is 0 Å². The molecule has 1 unspecified atom stereocenters. The molecule has 0 bridgehead atoms. The lowest BCUT2D eigenvalue weighted by atomic mass is 9.63. The van der Waals surface area contributed by atoms with Crippen molar-refractivity contribution in [2.75, 3.05) is 6.61 Å². The summed E-state index contributed by atoms with van der Waals surface area (Å²) in [4.78, 5) is 0. The van der Waals surface area contributed by atoms with E-state index in [0.717, 1.165) is 18.3 Å². The van der Waals surface area contributed by atoms with E-state index in [4.69, 9.17) is 5.11 Å². The maximum atomic E-state index is 8.97. The largest absolute Gasteiger partial charge is 0.396 e. The van der Waals surface area contributed by atoms with Crippen LogP contribution in [0.4, 0.5) is 0 Å². The summed E-state index contributed by atoms with van der Waals surface area (Å²) in [6.07, 6.45) is 5.06. The van der Waals surface area contributed by atoms with Gasteiger partial charge in [0.2, 0.25) is 0 Å². The molecule has 0 heterocycles. The zero-order valence-electron chi connectivity index (χ0n) is 8.64. The molecule has 0 spiro atoms. The first kappa shape index (κ1) is 10.0. The molecule has 0 aromatic carbocycles. The maximum absolute atomic E-state index is 8.97. The number of aliphatic hydroxyl groups is 1. The molecule has 12 heavy (non-hydrogen) atoms. The summed E-state index contributed by atoms with van der Waals surface area (Å²) in [6.45, 7) is 7.39. The Morgan fingerprint density at radius 1 is 1.42 bits per heavy atom. The normalized spacial score (nSPS) is 35.0. The summed E-state index contributed by atoms with van der Waals surface area (Å²) in [5, 5.41) is 8.97. The van der Waals surface area contributed by atoms with Gasteiger partial charge in [0, 0.05) is 6.61 Å². The van der Waals surface area contributed by atoms with Crippen molar-refractivity contribution in [1.82, 2.24) is 0 Å². The van der Waals surface area contributed by atoms with Crippen molar-refractivity contribution in [2.24, 2.45) is 17.3 Å². The summed E-state index contributed by atoms with van der Waals surface area (Å²) in [5.41, 5.74) is 0.459. The molecule has 1 saturated carbocycles. The van der Waals surface area contributed by atoms with E-state index in [1.807, 2.05) is 0 Å². The molecule has 1 N–H and O–H groups in total. The molecule has 1 rings (SSSR count). The van der Waals surface area contributed by atoms with Crippen molar-refractivity contribution in [3.05, 3.63) is 0 Å². The lowest BCUT2D eigenvalue weighted by Gasteiger charge is -2.42. The Morgan fingerprint density at radius 3 is 2.58 bits per heavy atom. The van der Waals surface area contributed by atoms with E-state index in [0.29, 0.717) is 12.0 Å². The second-order valence-corrected chi connectivity index (χ2v) is 4.98. The molecular formula is C11H22O. The standard InChI is InChI=1S/C11H22O/c1-9-5-4-7-11(2,3)10(9)6-8-12/h9-10,12H,4-8H2,1-3H3/t9?,10-/m1/s1. The Bertz CT molecular complexity index is 140. The molecule has 72 valence electrons. The highest BCUT2D eigenvalue weighted by atomic mass is 16.3. The highest BCUT2D eigenvalue weighted by Crippen LogP contribution is 2.45. The molecule has 0 aromatic rings. The predicted octanol–water partition coefficient (Wildman–Crippen LogP) is 2.83. The van der Waals surface area contributed by atoms with Crippen LogP contribution in [0.3, 0.4) is 0 Å². The smallest absolute Gasteiger partial charge is 0.0433 e. The average molecular weight is 170 g/mol. The van der Waals surface area contributed by atoms with Crippen LogP contribution in [0.2, 0.25) is 0 Å². The van der Waals surface area contributed by atoms with Gasteiger partial charge in [0.1, 0.15) is 0 Å². The zero-order valence-corrected chi connectivity index (χ0v) is 8.64. The van der Waals surface area contributed by atoms with Crippen LogP contribution >= 0.6 is 0 Å². The molecular weight excluding hydrogens is 148 g/mol. The van der Waals surface area contributed by atoms with Crippen LogP contribution in [0.5, 0.6) is 0 Å². The summed E-state index contributed by atoms with van der Waals surface area (Å²) in [7, 11) is 0. The van der Waals surface area contributed by atoms with Gasteiger partial charge in [0.05, 0.1) is 0 Å². The minimum absolute atomic E-state index is 0.360. The highest BCUT2D eigenvalue weighted by Gasteiger charge is 2.35. The van der Waals surface area contributed by atoms with Crippen LogP contribution in [-0.4, -0.2) is 11.7 Å². The van der Waals surface area contributed by atoms with E-state index >= 15 is 0 Å². The molecule has 0 aliphatic heterocycles. The molecule has 0 radical (unpaired) electrons. The van der Waals surface area contributed by atoms with E-state index in [1.165, 1.54) is 19.3 Å². The first-order valence-electron chi connectivity index (χ1n) is 5.19. The maximum Gasteiger partial charge on any atom is 0.0433 e. The second-order valence-electron chi connectivity index (χ2n) is 4.98. The van der Waals surface area contributed by atoms with Crippen LogP contribution in [0.1, 0.15) is 46.5 Å². The van der Waals surface area contributed by atoms with Crippen LogP contribution in [0.15, 0.2) is 0 Å². The Morgan fingerprint density at radius 2 is 2.08 bits per heavy atom. The fourth-order valence-electron chi connectivity index (χ4n) is 2.85. The molecule has 0 amide bonds. The van der Waals surface area contributed by atoms with Crippen molar-refractivity contribution < 1.29 is 5.11 Å². The monoisotopic (exact) mass is 170 g/mol. The van der Waals surface area contributed by atoms with Gasteiger partial charge >= 0.3 is 0 Å². The van der Waals surface area contributed by atoms with E-state index in [2.05, 4.69) is 20.8 Å². The number of hydrogen-bond acceptors (Lipinski definition) is 1. The topological polar surface area (TPSA) is 20.2 Å². The summed E-state index contributed by atoms with van der Waals surface area (Å²) >= 11 is 0. The summed E-state index contributed by atoms with van der Waals surface area (Å²) in [5.74, 6) is 1.54. The number of aliphatic hydroxyl groups excluding tert-OH is 1. The van der Waals surface area contributed by atoms with E-state index in [9.17, 15) is 0 Å². The third-order valence-corrected chi connectivity index (χ3v) is 3.61. The minimum atomic E-state index is 0.360. The lowest BCUT2D eigenvalue weighted by Crippen LogP contribution is -2.34. The molecule has 1 aliphatic carbocycles. The number of hydrogen-bond donors (Lipinski definition) is 1. The zero-order chi connectivity index (χ0) is 9.19. The molecule has 0 saturated heterocycles. The van der Waals surface area contributed by atoms with Crippen molar-refractivity contribution >= 4 is 0 Å². The third-order valence-electron chi connectivity index (χ3n) is 3.61. The van der Waals surface area contributed by atoms with Gasteiger partial charge in [-0.1, -0.05) is 33.6 Å². The third kappa shape index (κ3) is 2.01. The van der Waals surface area contributed by atoms with Gasteiger partial charge in [0.25, 0.3) is 0 Å². The molecule has 0 aromatic heterocycles. The quantitative estimate of drug-likeness (QED) is 0.675. The van der Waals surface area contributed by atoms with Gasteiger partial charge in [-0.3, -0.25) is 0 Å². The van der Waals surface area contributed by atoms with Gasteiger partial charge in [-0.15, -0.1) is 0 Å². The highest BCUT2D eigenvalue weighted by molar-refractivity contribution is 4.86. The first-order valence-corrected chi connectivity index (χ1v) is 5.19. The first-order chi connectivity index (χ1) is 5.58. The summed E-state index contributed by atoms with van der Waals surface area (Å²) < 4.78 is 0. The van der Waals surface area contributed by atoms with Crippen LogP contribution in [0, 0.1) is 17.3 Å². The van der Waals surface area contributed by atoms with Crippen molar-refractivity contribution in [3.63, 3.8) is 0 Å². The van der Waals surface area contributed by atoms with Gasteiger partial charge in [0.15, 0.2) is 0 Å². The Kier molecular flexibility index (Phi) is 3.16. The van der Waals surface area contributed by atoms with E-state index < -0.39 is 0 Å². The lowest BCUT2D eigenvalue weighted by molar-refractivity contribution is 0.0600. The Hall–Kier alpha value is -0.0400. The van der Waals surface area contributed by atoms with Crippen molar-refractivity contribution in [2.45, 2.75) is 46.5 Å². The van der Waals surface area contributed by atoms with E-state index in [1.54, 1.807) is 0 Å². The molecule has 1 heteroatoms. The summed E-state index contributed by atoms with van der Waals surface area (Å²) in [6, 6.07) is 0. The average Bonchev–Trinajstić information content (AvgIpc) is 1.97. The minimum Gasteiger partial charge on any atom is -0.396 e. The van der Waals surface area contributed by atoms with Gasteiger partial charge in [-0.25, -0.2) is 0 Å². The van der Waals surface area contributed by atoms with Crippen molar-refractivity contribution in [3.8, 4) is 0 Å². The van der Waals surface area contributed by atoms with Crippen LogP contribution < -0.4 is 0 Å². The second kappa shape index (κ2) is 3.78. The Balaban J connectivity index is 2.60. The molecule has 1 fully saturated rings. The van der Waals surface area contributed by atoms with Crippen LogP contribution in [-0.2, 0) is 0 Å². The SMILES string of the molecule is CC1CCCC(C)(C)[C@@H]1CCO. The Labute approximate surface area is 76.2 Å². The fourth-order valence-corrected chi connectivity index (χ4v) is 2.85.